The Kier molecular flexibility index (Phi) is 41.3. The molecular formula is C11H31N3O5. The largest absolute Gasteiger partial charge is 0.855 e. The smallest absolute Gasteiger partial charge is 0.0414 e. The Morgan fingerprint density at radius 1 is 0.737 bits per heavy atom. The fraction of sp³-hybridized carbons (Fsp3) is 0.818. The maximum Gasteiger partial charge on any atom is 0.0414 e. The van der Waals surface area contributed by atoms with Crippen LogP contribution < -0.4 is 33.8 Å². The zero-order valence-corrected chi connectivity index (χ0v) is 12.7. The van der Waals surface area contributed by atoms with Crippen LogP contribution in [0.25, 0.3) is 0 Å². The Balaban J connectivity index is -0.0000000992. The lowest BCUT2D eigenvalue weighted by Gasteiger charge is -2.03. The highest BCUT2D eigenvalue weighted by molar-refractivity contribution is 5.64. The maximum atomic E-state index is 9.98. The normalized spacial score (nSPS) is 7.68. The third-order valence-electron chi connectivity index (χ3n) is 1.76. The van der Waals surface area contributed by atoms with Gasteiger partial charge in [-0.2, -0.15) is 0 Å². The van der Waals surface area contributed by atoms with Gasteiger partial charge in [0.05, 0.1) is 0 Å². The topological polar surface area (TPSA) is 213 Å². The molecule has 0 spiro atoms. The first-order valence-electron chi connectivity index (χ1n) is 5.52. The predicted molar refractivity (Wildman–Crippen MR) is 70.8 cm³/mol. The molecule has 0 aromatic heterocycles. The molecule has 0 aromatic carbocycles. The molecule has 12 N–H and O–H groups in total. The van der Waals surface area contributed by atoms with E-state index in [2.05, 4.69) is 0 Å². The van der Waals surface area contributed by atoms with Crippen molar-refractivity contribution in [3.05, 3.63) is 0 Å². The van der Waals surface area contributed by atoms with Crippen molar-refractivity contribution in [2.75, 3.05) is 6.61 Å². The summed E-state index contributed by atoms with van der Waals surface area (Å²) in [6.45, 7) is 1.57. The van der Waals surface area contributed by atoms with E-state index in [9.17, 15) is 19.8 Å². The monoisotopic (exact) mass is 285 g/mol. The molecular weight excluding hydrogens is 254 g/mol. The Morgan fingerprint density at radius 2 is 0.947 bits per heavy atom. The van der Waals surface area contributed by atoms with Gasteiger partial charge in [-0.1, -0.05) is 26.2 Å². The van der Waals surface area contributed by atoms with Crippen LogP contribution in [0.5, 0.6) is 0 Å². The van der Waals surface area contributed by atoms with E-state index in [-0.39, 0.29) is 37.9 Å². The molecule has 8 heteroatoms. The second-order valence-electron chi connectivity index (χ2n) is 3.30. The molecule has 0 saturated carbocycles. The number of carbonyl (C=O) groups is 2. The van der Waals surface area contributed by atoms with Gasteiger partial charge < -0.3 is 43.4 Å². The molecule has 0 unspecified atom stereocenters. The lowest BCUT2D eigenvalue weighted by molar-refractivity contribution is -0.361. The van der Waals surface area contributed by atoms with Gasteiger partial charge in [0.2, 0.25) is 0 Å². The van der Waals surface area contributed by atoms with E-state index in [1.165, 1.54) is 0 Å². The number of carbonyl (C=O) groups excluding carboxylic acids is 2. The molecule has 0 bridgehead atoms. The van der Waals surface area contributed by atoms with Crippen LogP contribution in [0.3, 0.4) is 0 Å². The van der Waals surface area contributed by atoms with Gasteiger partial charge in [0.15, 0.2) is 0 Å². The van der Waals surface area contributed by atoms with Crippen molar-refractivity contribution in [1.82, 2.24) is 18.5 Å². The van der Waals surface area contributed by atoms with Crippen LogP contribution in [-0.4, -0.2) is 18.5 Å². The van der Waals surface area contributed by atoms with Gasteiger partial charge in [0.1, 0.15) is 0 Å². The second kappa shape index (κ2) is 25.6. The molecule has 0 radical (unpaired) electrons. The van der Waals surface area contributed by atoms with Crippen molar-refractivity contribution in [3.63, 3.8) is 0 Å². The third-order valence-corrected chi connectivity index (χ3v) is 1.76. The molecule has 0 aromatic rings. The Labute approximate surface area is 115 Å². The predicted octanol–water partition coefficient (Wildman–Crippen LogP) is -0.288. The summed E-state index contributed by atoms with van der Waals surface area (Å²) in [4.78, 5) is 20.0. The molecule has 0 aliphatic carbocycles. The molecule has 0 amide bonds. The van der Waals surface area contributed by atoms with Crippen molar-refractivity contribution in [2.45, 2.75) is 51.9 Å². The minimum atomic E-state index is -1.02. The van der Waals surface area contributed by atoms with E-state index in [4.69, 9.17) is 5.11 Å². The lowest BCUT2D eigenvalue weighted by Crippen LogP contribution is -2.21. The quantitative estimate of drug-likeness (QED) is 0.511. The molecule has 0 aliphatic rings. The molecule has 0 heterocycles. The lowest BCUT2D eigenvalue weighted by atomic mass is 10.1. The summed E-state index contributed by atoms with van der Waals surface area (Å²) >= 11 is 0. The van der Waals surface area contributed by atoms with E-state index < -0.39 is 11.9 Å². The van der Waals surface area contributed by atoms with Gasteiger partial charge >= 0.3 is 0 Å². The highest BCUT2D eigenvalue weighted by Gasteiger charge is 1.91. The van der Waals surface area contributed by atoms with Gasteiger partial charge in [-0.15, -0.1) is 6.61 Å². The molecule has 0 aliphatic heterocycles. The van der Waals surface area contributed by atoms with Gasteiger partial charge in [-0.3, -0.25) is 0 Å². The highest BCUT2D eigenvalue weighted by atomic mass is 16.4. The van der Waals surface area contributed by atoms with Gasteiger partial charge in [-0.25, -0.2) is 0 Å². The van der Waals surface area contributed by atoms with Crippen LogP contribution >= 0.6 is 0 Å². The summed E-state index contributed by atoms with van der Waals surface area (Å²) in [6, 6.07) is 0. The average Bonchev–Trinajstić information content (AvgIpc) is 2.16. The fourth-order valence-corrected chi connectivity index (χ4v) is 1.07. The van der Waals surface area contributed by atoms with Crippen LogP contribution in [0.15, 0.2) is 0 Å². The molecule has 19 heavy (non-hydrogen) atoms. The zero-order valence-electron chi connectivity index (χ0n) is 12.7. The van der Waals surface area contributed by atoms with Crippen LogP contribution in [0.1, 0.15) is 51.9 Å². The highest BCUT2D eigenvalue weighted by Crippen LogP contribution is 2.06. The Hall–Kier alpha value is -1.22. The average molecular weight is 285 g/mol. The molecule has 0 atom stereocenters. The number of aliphatic carboxylic acids is 2. The minimum Gasteiger partial charge on any atom is -0.855 e. The van der Waals surface area contributed by atoms with Crippen molar-refractivity contribution in [1.29, 1.82) is 0 Å². The molecule has 120 valence electrons. The first-order valence-corrected chi connectivity index (χ1v) is 5.52. The standard InChI is InChI=1S/C9H16O4.C2H5O.3H3N/c10-8(11)6-4-2-1-3-5-7-9(12)13;1-2-3;;;/h1-7H2,(H,10,11)(H,12,13);2H2,1H3;3*1H3/q;-1;;;/p+1. The molecule has 0 fully saturated rings. The van der Waals surface area contributed by atoms with Crippen LogP contribution in [0.2, 0.25) is 0 Å². The Bertz CT molecular complexity index is 173. The van der Waals surface area contributed by atoms with Crippen LogP contribution in [0, 0.1) is 0 Å². The first-order chi connectivity index (χ1) is 7.54. The van der Waals surface area contributed by atoms with Gasteiger partial charge in [0, 0.05) is 11.9 Å². The number of hydrogen-bond donors (Lipinski definition) is 3. The van der Waals surface area contributed by atoms with Crippen molar-refractivity contribution >= 4 is 11.9 Å². The SMILES string of the molecule is CC[O-].O=C([O-])CCCCCCCC(=O)[O-].[NH4+].[NH4+].[NH4+]. The number of hydrogen-bond acceptors (Lipinski definition) is 5. The van der Waals surface area contributed by atoms with Gasteiger partial charge in [-0.05, 0) is 25.7 Å². The number of unbranched alkanes of at least 4 members (excludes halogenated alkanes) is 4. The van der Waals surface area contributed by atoms with Crippen molar-refractivity contribution in [3.8, 4) is 0 Å². The van der Waals surface area contributed by atoms with Crippen LogP contribution in [0.4, 0.5) is 0 Å². The number of carboxylic acids is 2. The van der Waals surface area contributed by atoms with Crippen LogP contribution in [-0.2, 0) is 9.59 Å². The molecule has 0 saturated heterocycles. The number of quaternary nitrogens is 3. The molecule has 0 rings (SSSR count). The van der Waals surface area contributed by atoms with E-state index in [0.717, 1.165) is 19.3 Å². The van der Waals surface area contributed by atoms with Gasteiger partial charge in [0.25, 0.3) is 0 Å². The van der Waals surface area contributed by atoms with E-state index in [0.29, 0.717) is 12.8 Å². The number of carboxylic acid groups (broad SMARTS) is 2. The maximum absolute atomic E-state index is 9.98. The summed E-state index contributed by atoms with van der Waals surface area (Å²) in [5.74, 6) is -2.04. The van der Waals surface area contributed by atoms with Crippen molar-refractivity contribution < 1.29 is 24.9 Å². The Morgan fingerprint density at radius 3 is 1.16 bits per heavy atom. The third kappa shape index (κ3) is 47.6. The first kappa shape index (κ1) is 30.7. The fourth-order valence-electron chi connectivity index (χ4n) is 1.07. The summed E-state index contributed by atoms with van der Waals surface area (Å²) in [5.41, 5.74) is 0. The van der Waals surface area contributed by atoms with E-state index in [1.807, 2.05) is 0 Å². The summed E-state index contributed by atoms with van der Waals surface area (Å²) in [6.07, 6.45) is 3.95. The summed E-state index contributed by atoms with van der Waals surface area (Å²) in [7, 11) is 0. The van der Waals surface area contributed by atoms with E-state index in [1.54, 1.807) is 6.92 Å². The van der Waals surface area contributed by atoms with E-state index >= 15 is 0 Å². The second-order valence-corrected chi connectivity index (χ2v) is 3.30. The minimum absolute atomic E-state index is 0. The molecule has 8 nitrogen and oxygen atoms in total. The number of rotatable bonds is 8. The zero-order chi connectivity index (χ0) is 12.8. The van der Waals surface area contributed by atoms with Crippen molar-refractivity contribution in [2.24, 2.45) is 0 Å². The summed E-state index contributed by atoms with van der Waals surface area (Å²) < 4.78 is 0. The summed E-state index contributed by atoms with van der Waals surface area (Å²) in [5, 5.41) is 28.9.